The molecule has 0 amide bonds. The Bertz CT molecular complexity index is 210. The first kappa shape index (κ1) is 12.2. The standard InChI is InChI=1S/C9H20N4O2/c10-9(11-15)8-13-3-1-2-12(4-5-13)6-7-14/h14-15H,1-8H2,(H2,10,11). The van der Waals surface area contributed by atoms with Crippen molar-refractivity contribution in [2.45, 2.75) is 6.42 Å². The number of rotatable bonds is 4. The molecule has 1 aliphatic rings. The second-order valence-electron chi connectivity index (χ2n) is 3.79. The number of aliphatic hydroxyl groups excluding tert-OH is 1. The van der Waals surface area contributed by atoms with Crippen molar-refractivity contribution in [3.05, 3.63) is 0 Å². The van der Waals surface area contributed by atoms with Crippen LogP contribution < -0.4 is 5.73 Å². The van der Waals surface area contributed by atoms with Crippen LogP contribution in [-0.4, -0.2) is 71.8 Å². The topological polar surface area (TPSA) is 85.3 Å². The average molecular weight is 216 g/mol. The lowest BCUT2D eigenvalue weighted by Gasteiger charge is -2.20. The minimum Gasteiger partial charge on any atom is -0.409 e. The molecule has 1 saturated heterocycles. The normalized spacial score (nSPS) is 21.5. The van der Waals surface area contributed by atoms with Crippen LogP contribution in [-0.2, 0) is 0 Å². The Kier molecular flexibility index (Phi) is 5.38. The van der Waals surface area contributed by atoms with Crippen molar-refractivity contribution in [2.75, 3.05) is 45.9 Å². The fourth-order valence-corrected chi connectivity index (χ4v) is 1.81. The Balaban J connectivity index is 2.32. The lowest BCUT2D eigenvalue weighted by molar-refractivity contribution is 0.198. The number of oxime groups is 1. The van der Waals surface area contributed by atoms with Gasteiger partial charge in [0.2, 0.25) is 0 Å². The van der Waals surface area contributed by atoms with E-state index in [-0.39, 0.29) is 12.4 Å². The molecule has 1 aliphatic heterocycles. The molecule has 0 bridgehead atoms. The van der Waals surface area contributed by atoms with Crippen molar-refractivity contribution < 1.29 is 10.3 Å². The monoisotopic (exact) mass is 216 g/mol. The molecule has 0 atom stereocenters. The molecule has 0 aromatic rings. The zero-order valence-corrected chi connectivity index (χ0v) is 8.97. The first-order chi connectivity index (χ1) is 7.26. The number of aliphatic hydroxyl groups is 1. The Morgan fingerprint density at radius 3 is 2.53 bits per heavy atom. The molecule has 1 rings (SSSR count). The number of nitrogens with two attached hydrogens (primary N) is 1. The summed E-state index contributed by atoms with van der Waals surface area (Å²) in [5.41, 5.74) is 5.45. The summed E-state index contributed by atoms with van der Waals surface area (Å²) < 4.78 is 0. The van der Waals surface area contributed by atoms with E-state index in [1.165, 1.54) is 0 Å². The summed E-state index contributed by atoms with van der Waals surface area (Å²) in [7, 11) is 0. The van der Waals surface area contributed by atoms with Crippen LogP contribution in [0.25, 0.3) is 0 Å². The Hall–Kier alpha value is -0.850. The van der Waals surface area contributed by atoms with Crippen molar-refractivity contribution in [1.29, 1.82) is 0 Å². The molecule has 0 saturated carbocycles. The van der Waals surface area contributed by atoms with Crippen molar-refractivity contribution >= 4 is 5.84 Å². The van der Waals surface area contributed by atoms with Crippen LogP contribution in [0.5, 0.6) is 0 Å². The van der Waals surface area contributed by atoms with Crippen molar-refractivity contribution in [2.24, 2.45) is 10.9 Å². The number of hydrogen-bond donors (Lipinski definition) is 3. The molecule has 0 aromatic carbocycles. The molecular weight excluding hydrogens is 196 g/mol. The maximum absolute atomic E-state index is 8.83. The molecule has 6 nitrogen and oxygen atoms in total. The van der Waals surface area contributed by atoms with Crippen LogP contribution in [0, 0.1) is 0 Å². The molecule has 15 heavy (non-hydrogen) atoms. The van der Waals surface area contributed by atoms with E-state index in [2.05, 4.69) is 15.0 Å². The summed E-state index contributed by atoms with van der Waals surface area (Å²) in [5, 5.41) is 20.3. The molecular formula is C9H20N4O2. The van der Waals surface area contributed by atoms with Gasteiger partial charge in [0, 0.05) is 19.6 Å². The average Bonchev–Trinajstić information content (AvgIpc) is 2.45. The van der Waals surface area contributed by atoms with E-state index in [9.17, 15) is 0 Å². The summed E-state index contributed by atoms with van der Waals surface area (Å²) in [6.45, 7) is 5.25. The largest absolute Gasteiger partial charge is 0.409 e. The molecule has 0 aliphatic carbocycles. The second-order valence-corrected chi connectivity index (χ2v) is 3.79. The maximum Gasteiger partial charge on any atom is 0.153 e. The highest BCUT2D eigenvalue weighted by Crippen LogP contribution is 2.02. The smallest absolute Gasteiger partial charge is 0.153 e. The van der Waals surface area contributed by atoms with Crippen LogP contribution in [0.2, 0.25) is 0 Å². The van der Waals surface area contributed by atoms with Gasteiger partial charge in [-0.05, 0) is 19.5 Å². The molecule has 88 valence electrons. The summed E-state index contributed by atoms with van der Waals surface area (Å²) in [6, 6.07) is 0. The van der Waals surface area contributed by atoms with Gasteiger partial charge in [-0.3, -0.25) is 9.80 Å². The predicted molar refractivity (Wildman–Crippen MR) is 58.0 cm³/mol. The molecule has 1 fully saturated rings. The van der Waals surface area contributed by atoms with Gasteiger partial charge in [-0.15, -0.1) is 0 Å². The molecule has 0 unspecified atom stereocenters. The van der Waals surface area contributed by atoms with Crippen molar-refractivity contribution in [3.8, 4) is 0 Å². The highest BCUT2D eigenvalue weighted by Gasteiger charge is 2.14. The van der Waals surface area contributed by atoms with Crippen LogP contribution in [0.1, 0.15) is 6.42 Å². The number of nitrogens with zero attached hydrogens (tertiary/aromatic N) is 3. The van der Waals surface area contributed by atoms with Gasteiger partial charge in [-0.2, -0.15) is 0 Å². The minimum atomic E-state index is 0.209. The molecule has 0 aromatic heterocycles. The third-order valence-electron chi connectivity index (χ3n) is 2.61. The van der Waals surface area contributed by atoms with Gasteiger partial charge in [-0.1, -0.05) is 5.16 Å². The van der Waals surface area contributed by atoms with E-state index < -0.39 is 0 Å². The highest BCUT2D eigenvalue weighted by molar-refractivity contribution is 5.81. The molecule has 6 heteroatoms. The van der Waals surface area contributed by atoms with Crippen molar-refractivity contribution in [1.82, 2.24) is 9.80 Å². The van der Waals surface area contributed by atoms with E-state index in [4.69, 9.17) is 16.0 Å². The molecule has 0 radical (unpaired) electrons. The zero-order chi connectivity index (χ0) is 11.1. The lowest BCUT2D eigenvalue weighted by Crippen LogP contribution is -2.37. The zero-order valence-electron chi connectivity index (χ0n) is 8.97. The van der Waals surface area contributed by atoms with Crippen LogP contribution in [0.3, 0.4) is 0 Å². The quantitative estimate of drug-likeness (QED) is 0.236. The predicted octanol–water partition coefficient (Wildman–Crippen LogP) is -1.27. The van der Waals surface area contributed by atoms with Crippen LogP contribution in [0.4, 0.5) is 0 Å². The van der Waals surface area contributed by atoms with Gasteiger partial charge in [0.25, 0.3) is 0 Å². The third-order valence-corrected chi connectivity index (χ3v) is 2.61. The van der Waals surface area contributed by atoms with E-state index in [0.29, 0.717) is 6.54 Å². The van der Waals surface area contributed by atoms with E-state index in [1.54, 1.807) is 0 Å². The Morgan fingerprint density at radius 1 is 1.20 bits per heavy atom. The number of β-amino-alcohol motifs (C(OH)–C–C–N with tert-alkyl or cyclic N) is 1. The van der Waals surface area contributed by atoms with E-state index >= 15 is 0 Å². The lowest BCUT2D eigenvalue weighted by atomic mass is 10.4. The summed E-state index contributed by atoms with van der Waals surface area (Å²) in [4.78, 5) is 4.39. The van der Waals surface area contributed by atoms with Crippen LogP contribution >= 0.6 is 0 Å². The van der Waals surface area contributed by atoms with E-state index in [0.717, 1.165) is 39.1 Å². The van der Waals surface area contributed by atoms with Crippen LogP contribution in [0.15, 0.2) is 5.16 Å². The minimum absolute atomic E-state index is 0.209. The number of amidine groups is 1. The first-order valence-corrected chi connectivity index (χ1v) is 5.28. The molecule has 4 N–H and O–H groups in total. The fraction of sp³-hybridized carbons (Fsp3) is 0.889. The van der Waals surface area contributed by atoms with Gasteiger partial charge >= 0.3 is 0 Å². The van der Waals surface area contributed by atoms with E-state index in [1.807, 2.05) is 0 Å². The summed E-state index contributed by atoms with van der Waals surface area (Å²) in [6.07, 6.45) is 1.05. The van der Waals surface area contributed by atoms with Gasteiger partial charge < -0.3 is 16.0 Å². The maximum atomic E-state index is 8.83. The van der Waals surface area contributed by atoms with Crippen molar-refractivity contribution in [3.63, 3.8) is 0 Å². The third kappa shape index (κ3) is 4.46. The SMILES string of the molecule is NC(CN1CCCN(CCO)CC1)=NO. The van der Waals surface area contributed by atoms with Gasteiger partial charge in [0.1, 0.15) is 0 Å². The fourth-order valence-electron chi connectivity index (χ4n) is 1.81. The Morgan fingerprint density at radius 2 is 1.87 bits per heavy atom. The summed E-state index contributed by atoms with van der Waals surface area (Å²) >= 11 is 0. The first-order valence-electron chi connectivity index (χ1n) is 5.28. The highest BCUT2D eigenvalue weighted by atomic mass is 16.4. The second kappa shape index (κ2) is 6.60. The summed E-state index contributed by atoms with van der Waals surface area (Å²) in [5.74, 6) is 0.255. The van der Waals surface area contributed by atoms with Gasteiger partial charge in [-0.25, -0.2) is 0 Å². The Labute approximate surface area is 90.0 Å². The number of hydrogen-bond acceptors (Lipinski definition) is 5. The molecule has 0 spiro atoms. The molecule has 1 heterocycles. The van der Waals surface area contributed by atoms with Gasteiger partial charge in [0.05, 0.1) is 13.2 Å². The van der Waals surface area contributed by atoms with Gasteiger partial charge in [0.15, 0.2) is 5.84 Å².